The van der Waals surface area contributed by atoms with Crippen LogP contribution in [-0.4, -0.2) is 205 Å². The summed E-state index contributed by atoms with van der Waals surface area (Å²) < 4.78 is 831. The van der Waals surface area contributed by atoms with Gasteiger partial charge in [0.25, 0.3) is 0 Å². The van der Waals surface area contributed by atoms with Gasteiger partial charge in [-0.25, -0.2) is 39.5 Å². The number of rotatable bonds is 33. The second kappa shape index (κ2) is 54.1. The fourth-order valence-electron chi connectivity index (χ4n) is 4.63. The number of hydrogen-bond acceptors (Lipinski definition) is 10. The fourth-order valence-corrected chi connectivity index (χ4v) is 4.63. The summed E-state index contributed by atoms with van der Waals surface area (Å²) in [6.07, 6.45) is -130. The van der Waals surface area contributed by atoms with Crippen molar-refractivity contribution in [2.24, 2.45) is 0 Å². The van der Waals surface area contributed by atoms with Gasteiger partial charge in [0, 0.05) is 19.3 Å². The maximum absolute atomic E-state index is 13.5. The molecule has 133 heavy (non-hydrogen) atoms. The highest BCUT2D eigenvalue weighted by Crippen LogP contribution is 2.58. The molecular formula is C57H66F66O10. The Morgan fingerprint density at radius 1 is 0.180 bits per heavy atom. The zero-order valence-electron chi connectivity index (χ0n) is 60.0. The molecule has 0 rings (SSSR count). The van der Waals surface area contributed by atoms with Gasteiger partial charge in [-0.05, 0) is 0 Å². The van der Waals surface area contributed by atoms with E-state index in [9.17, 15) is 290 Å². The first kappa shape index (κ1) is 160. The smallest absolute Gasteiger partial charge is 0.306 e. The highest BCUT2D eigenvalue weighted by Gasteiger charge is 2.84. The van der Waals surface area contributed by atoms with Gasteiger partial charge in [-0.2, -0.15) is 237 Å². The van der Waals surface area contributed by atoms with Crippen LogP contribution >= 0.6 is 0 Å². The molecule has 0 aliphatic carbocycles. The summed E-state index contributed by atoms with van der Waals surface area (Å²) >= 11 is 0. The van der Waals surface area contributed by atoms with Crippen LogP contribution in [0.25, 0.3) is 0 Å². The Morgan fingerprint density at radius 3 is 0.429 bits per heavy atom. The molecule has 0 N–H and O–H groups in total. The van der Waals surface area contributed by atoms with E-state index < -0.39 is 238 Å². The highest BCUT2D eigenvalue weighted by molar-refractivity contribution is 5.02. The molecule has 0 aromatic rings. The zero-order valence-corrected chi connectivity index (χ0v) is 60.0. The quantitative estimate of drug-likeness (QED) is 0.0592. The lowest BCUT2D eigenvalue weighted by atomic mass is 10.2. The van der Waals surface area contributed by atoms with E-state index in [1.54, 1.807) is 26.3 Å². The molecule has 10 nitrogen and oxygen atoms in total. The Kier molecular flexibility index (Phi) is 65.2. The van der Waals surface area contributed by atoms with Gasteiger partial charge in [0.05, 0.1) is 21.5 Å². The summed E-state index contributed by atoms with van der Waals surface area (Å²) in [5.41, 5.74) is 0. The monoisotopic (exact) mass is 2160 g/mol. The second-order valence-electron chi connectivity index (χ2n) is 20.1. The molecule has 0 fully saturated rings. The average molecular weight is 2170 g/mol. The molecular weight excluding hydrogens is 2100 g/mol. The SMILES string of the molecule is C.C.C.C.C.C.C=C(F)C(F)(F)OC(F)(C(F)(F)F)C(F)(F)OC(F)(CC)C(F)(F)F.C=C(F)C(F)(F)OC(F)(C(F)(F)F)C(F)(F)OC(F)(CC)C(F)(F)F.C=C(F)C(F)(F)OC(F)(C(F)(F)F)C(F)(F)OCC(F)(F)F.C=C(F)C(F)(F)OC(F)(C(F)(F)F)C(F)(F)OCC(F)(F)F.C=C(F)C(F)(F)OC(F)(CC)C(F)(F)F.C=C(F)C(F)(F)OCC(F)(F)F.CF.CF.CF. The molecule has 0 bridgehead atoms. The zero-order chi connectivity index (χ0) is 106. The van der Waals surface area contributed by atoms with Crippen molar-refractivity contribution in [3.63, 3.8) is 0 Å². The second-order valence-corrected chi connectivity index (χ2v) is 20.1. The van der Waals surface area contributed by atoms with Gasteiger partial charge in [0.15, 0.2) is 35.0 Å². The summed E-state index contributed by atoms with van der Waals surface area (Å²) in [6.45, 7) is 3.46. The predicted molar refractivity (Wildman–Crippen MR) is 316 cm³/mol. The van der Waals surface area contributed by atoms with E-state index in [4.69, 9.17) is 0 Å². The van der Waals surface area contributed by atoms with Crippen molar-refractivity contribution in [2.75, 3.05) is 41.4 Å². The van der Waals surface area contributed by atoms with Crippen LogP contribution in [0.15, 0.2) is 74.4 Å². The molecule has 7 atom stereocenters. The van der Waals surface area contributed by atoms with Crippen LogP contribution in [0.1, 0.15) is 84.6 Å². The molecule has 0 heterocycles. The highest BCUT2D eigenvalue weighted by atomic mass is 19.5. The van der Waals surface area contributed by atoms with Gasteiger partial charge < -0.3 is 14.2 Å². The van der Waals surface area contributed by atoms with E-state index in [1.165, 1.54) is 0 Å². The van der Waals surface area contributed by atoms with Crippen LogP contribution in [0.3, 0.4) is 0 Å². The topological polar surface area (TPSA) is 92.3 Å². The van der Waals surface area contributed by atoms with Crippen LogP contribution < -0.4 is 0 Å². The van der Waals surface area contributed by atoms with E-state index in [2.05, 4.69) is 41.6 Å². The molecule has 0 saturated carbocycles. The first-order chi connectivity index (χ1) is 54.7. The predicted octanol–water partition coefficient (Wildman–Crippen LogP) is 32.0. The number of halogens is 66. The maximum atomic E-state index is 13.5. The van der Waals surface area contributed by atoms with Crippen LogP contribution in [0.4, 0.5) is 290 Å². The van der Waals surface area contributed by atoms with Crippen molar-refractivity contribution in [1.29, 1.82) is 0 Å². The molecule has 0 aromatic carbocycles. The summed E-state index contributed by atoms with van der Waals surface area (Å²) in [5, 5.41) is 0. The lowest BCUT2D eigenvalue weighted by molar-refractivity contribution is -0.527. The van der Waals surface area contributed by atoms with Crippen molar-refractivity contribution in [3.05, 3.63) is 74.4 Å². The summed E-state index contributed by atoms with van der Waals surface area (Å²) in [7, 11) is 1.50. The maximum Gasteiger partial charge on any atom is 0.458 e. The average Bonchev–Trinajstić information content (AvgIpc) is 0.349. The Hall–Kier alpha value is -6.58. The van der Waals surface area contributed by atoms with Crippen molar-refractivity contribution < 1.29 is 337 Å². The Balaban J connectivity index is -0.0000000958. The van der Waals surface area contributed by atoms with Crippen LogP contribution in [-0.2, 0) is 47.4 Å². The third kappa shape index (κ3) is 47.6. The van der Waals surface area contributed by atoms with Crippen molar-refractivity contribution in [3.8, 4) is 0 Å². The van der Waals surface area contributed by atoms with Crippen LogP contribution in [0.5, 0.6) is 0 Å². The van der Waals surface area contributed by atoms with Gasteiger partial charge >= 0.3 is 164 Å². The minimum absolute atomic E-state index is 0. The first-order valence-corrected chi connectivity index (χ1v) is 28.0. The minimum atomic E-state index is -7.21. The van der Waals surface area contributed by atoms with Gasteiger partial charge in [0.2, 0.25) is 0 Å². The molecule has 0 aromatic heterocycles. The minimum Gasteiger partial charge on any atom is -0.306 e. The molecule has 816 valence electrons. The van der Waals surface area contributed by atoms with Crippen LogP contribution in [0, 0.1) is 0 Å². The molecule has 0 aliphatic heterocycles. The Labute approximate surface area is 701 Å². The van der Waals surface area contributed by atoms with Gasteiger partial charge in [0.1, 0.15) is 19.8 Å². The summed E-state index contributed by atoms with van der Waals surface area (Å²) in [6, 6.07) is 0. The van der Waals surface area contributed by atoms with Gasteiger partial charge in [-0.1, -0.05) is 105 Å². The molecule has 76 heteroatoms. The van der Waals surface area contributed by atoms with E-state index in [1.807, 2.05) is 18.9 Å². The standard InChI is InChI=1S/2C10H7F13O2.2C8H4F12O2.C7H7F7O.C5H4F6O.3CH3F.6CH4/c2*1-3-5(12,8(16,17)18)24-10(22,23)7(15,9(19,20)21)25-6(13,14)4(2)11;2*1-3(9)5(13,14)22-6(15,7(16,17)18)8(19,20)21-2-4(10,11)12;1-3-5(9,7(12,13)14)15-6(10,11)4(2)8;1-3(6)5(10,11)12-2-4(7,8)9;3*1-2;;;;;;/h2*2-3H2,1H3;2*1-2H2;2-3H2,1H3;1-2H2;3*1H3;6*1H4. The molecule has 0 radical (unpaired) electrons. The molecule has 7 unspecified atom stereocenters. The summed E-state index contributed by atoms with van der Waals surface area (Å²) in [4.78, 5) is 0. The first-order valence-electron chi connectivity index (χ1n) is 28.0. The Bertz CT molecular complexity index is 3160. The molecule has 0 aliphatic rings. The number of ether oxygens (including phenoxy) is 10. The third-order valence-corrected chi connectivity index (χ3v) is 10.7. The van der Waals surface area contributed by atoms with Gasteiger partial charge in [-0.3, -0.25) is 46.3 Å². The molecule has 0 saturated heterocycles. The lowest BCUT2D eigenvalue weighted by Gasteiger charge is -2.38. The lowest BCUT2D eigenvalue weighted by Crippen LogP contribution is -2.64. The van der Waals surface area contributed by atoms with Crippen molar-refractivity contribution >= 4 is 0 Å². The van der Waals surface area contributed by atoms with Gasteiger partial charge in [-0.15, -0.1) is 0 Å². The summed E-state index contributed by atoms with van der Waals surface area (Å²) in [5.74, 6) is -60.9. The fraction of sp³-hybridized carbons (Fsp3) is 0.789. The van der Waals surface area contributed by atoms with Crippen molar-refractivity contribution in [1.82, 2.24) is 0 Å². The largest absolute Gasteiger partial charge is 0.458 e. The normalized spacial score (nSPS) is 16.2. The van der Waals surface area contributed by atoms with Crippen molar-refractivity contribution in [2.45, 2.75) is 248 Å². The van der Waals surface area contributed by atoms with Crippen LogP contribution in [0.2, 0.25) is 0 Å². The molecule has 0 amide bonds. The van der Waals surface area contributed by atoms with E-state index in [0.29, 0.717) is 28.5 Å². The Morgan fingerprint density at radius 2 is 0.308 bits per heavy atom. The van der Waals surface area contributed by atoms with E-state index in [-0.39, 0.29) is 58.4 Å². The van der Waals surface area contributed by atoms with E-state index in [0.717, 1.165) is 0 Å². The third-order valence-electron chi connectivity index (χ3n) is 10.7. The number of alkyl halides is 60. The number of hydrogen-bond donors (Lipinski definition) is 0. The molecule has 0 spiro atoms. The van der Waals surface area contributed by atoms with E-state index >= 15 is 0 Å².